The molecule has 98 valence electrons. The Kier molecular flexibility index (Phi) is 3.99. The van der Waals surface area contributed by atoms with Crippen molar-refractivity contribution in [3.63, 3.8) is 0 Å². The van der Waals surface area contributed by atoms with Crippen molar-refractivity contribution in [2.45, 2.75) is 24.4 Å². The molecule has 0 saturated heterocycles. The highest BCUT2D eigenvalue weighted by molar-refractivity contribution is 5.83. The van der Waals surface area contributed by atoms with Crippen molar-refractivity contribution in [1.82, 2.24) is 5.32 Å². The third-order valence-corrected chi connectivity index (χ3v) is 3.19. The highest BCUT2D eigenvalue weighted by atomic mass is 16.5. The molecule has 1 aromatic carbocycles. The molecule has 1 aliphatic carbocycles. The summed E-state index contributed by atoms with van der Waals surface area (Å²) in [5.74, 6) is -0.303. The molecule has 2 rings (SSSR count). The van der Waals surface area contributed by atoms with Gasteiger partial charge in [0.2, 0.25) is 0 Å². The first kappa shape index (κ1) is 13.1. The molecule has 4 heteroatoms. The quantitative estimate of drug-likeness (QED) is 0.775. The van der Waals surface area contributed by atoms with Gasteiger partial charge in [-0.1, -0.05) is 30.3 Å². The predicted octanol–water partition coefficient (Wildman–Crippen LogP) is 1.45. The van der Waals surface area contributed by atoms with E-state index in [-0.39, 0.29) is 12.6 Å². The average molecular weight is 249 g/mol. The van der Waals surface area contributed by atoms with Gasteiger partial charge in [0, 0.05) is 13.2 Å². The van der Waals surface area contributed by atoms with Gasteiger partial charge < -0.3 is 9.47 Å². The summed E-state index contributed by atoms with van der Waals surface area (Å²) in [4.78, 5) is 12.2. The van der Waals surface area contributed by atoms with Gasteiger partial charge >= 0.3 is 5.97 Å². The van der Waals surface area contributed by atoms with Gasteiger partial charge in [0.05, 0.1) is 13.7 Å². The van der Waals surface area contributed by atoms with Gasteiger partial charge in [0.1, 0.15) is 0 Å². The molecule has 1 atom stereocenters. The van der Waals surface area contributed by atoms with Crippen molar-refractivity contribution < 1.29 is 14.3 Å². The fourth-order valence-electron chi connectivity index (χ4n) is 2.13. The van der Waals surface area contributed by atoms with Crippen molar-refractivity contribution in [2.24, 2.45) is 0 Å². The van der Waals surface area contributed by atoms with Gasteiger partial charge in [0.25, 0.3) is 0 Å². The number of methoxy groups -OCH3 is 2. The van der Waals surface area contributed by atoms with E-state index in [4.69, 9.17) is 9.47 Å². The Bertz CT molecular complexity index is 403. The molecule has 0 aliphatic heterocycles. The van der Waals surface area contributed by atoms with Gasteiger partial charge in [-0.3, -0.25) is 5.32 Å². The molecule has 4 nitrogen and oxygen atoms in total. The molecule has 0 radical (unpaired) electrons. The summed E-state index contributed by atoms with van der Waals surface area (Å²) in [7, 11) is 3.00. The SMILES string of the molecule is COCC(NC1CC1)(C(=O)OC)c1ccccc1. The number of hydrogen-bond acceptors (Lipinski definition) is 4. The number of nitrogens with one attached hydrogen (secondary N) is 1. The van der Waals surface area contributed by atoms with Crippen molar-refractivity contribution in [3.8, 4) is 0 Å². The monoisotopic (exact) mass is 249 g/mol. The lowest BCUT2D eigenvalue weighted by Crippen LogP contribution is -2.54. The molecule has 1 aromatic rings. The van der Waals surface area contributed by atoms with Gasteiger partial charge in [-0.05, 0) is 18.4 Å². The fourth-order valence-corrected chi connectivity index (χ4v) is 2.13. The third-order valence-electron chi connectivity index (χ3n) is 3.19. The van der Waals surface area contributed by atoms with Crippen LogP contribution in [0.15, 0.2) is 30.3 Å². The van der Waals surface area contributed by atoms with Crippen LogP contribution >= 0.6 is 0 Å². The van der Waals surface area contributed by atoms with Crippen LogP contribution in [0.5, 0.6) is 0 Å². The number of ether oxygens (including phenoxy) is 2. The molecule has 0 aromatic heterocycles. The number of carbonyl (C=O) groups is 1. The van der Waals surface area contributed by atoms with E-state index in [9.17, 15) is 4.79 Å². The molecule has 1 N–H and O–H groups in total. The van der Waals surface area contributed by atoms with Crippen molar-refractivity contribution >= 4 is 5.97 Å². The molecule has 0 bridgehead atoms. The smallest absolute Gasteiger partial charge is 0.333 e. The second-order valence-electron chi connectivity index (χ2n) is 4.61. The number of rotatable bonds is 6. The summed E-state index contributed by atoms with van der Waals surface area (Å²) in [6.45, 7) is 0.264. The summed E-state index contributed by atoms with van der Waals surface area (Å²) >= 11 is 0. The first-order valence-electron chi connectivity index (χ1n) is 6.13. The van der Waals surface area contributed by atoms with Crippen LogP contribution in [-0.4, -0.2) is 32.8 Å². The zero-order valence-corrected chi connectivity index (χ0v) is 10.8. The molecule has 1 fully saturated rings. The van der Waals surface area contributed by atoms with E-state index in [0.29, 0.717) is 6.04 Å². The minimum atomic E-state index is -0.897. The summed E-state index contributed by atoms with van der Waals surface area (Å²) in [6.07, 6.45) is 2.19. The van der Waals surface area contributed by atoms with E-state index in [1.54, 1.807) is 7.11 Å². The molecule has 18 heavy (non-hydrogen) atoms. The van der Waals surface area contributed by atoms with Gasteiger partial charge in [0.15, 0.2) is 5.54 Å². The van der Waals surface area contributed by atoms with Gasteiger partial charge in [-0.15, -0.1) is 0 Å². The Morgan fingerprint density at radius 2 is 2.00 bits per heavy atom. The van der Waals surface area contributed by atoms with Gasteiger partial charge in [-0.2, -0.15) is 0 Å². The lowest BCUT2D eigenvalue weighted by atomic mass is 9.90. The zero-order valence-electron chi connectivity index (χ0n) is 10.8. The van der Waals surface area contributed by atoms with Crippen LogP contribution in [0, 0.1) is 0 Å². The molecule has 1 aliphatic rings. The van der Waals surface area contributed by atoms with Crippen molar-refractivity contribution in [2.75, 3.05) is 20.8 Å². The van der Waals surface area contributed by atoms with E-state index >= 15 is 0 Å². The van der Waals surface area contributed by atoms with Crippen LogP contribution in [0.25, 0.3) is 0 Å². The summed E-state index contributed by atoms with van der Waals surface area (Å²) in [5, 5.41) is 3.37. The largest absolute Gasteiger partial charge is 0.467 e. The standard InChI is InChI=1S/C14H19NO3/c1-17-10-14(13(16)18-2,15-12-8-9-12)11-6-4-3-5-7-11/h3-7,12,15H,8-10H2,1-2H3. The number of benzene rings is 1. The van der Waals surface area contributed by atoms with E-state index in [0.717, 1.165) is 18.4 Å². The highest BCUT2D eigenvalue weighted by Crippen LogP contribution is 2.30. The van der Waals surface area contributed by atoms with Crippen LogP contribution in [-0.2, 0) is 19.8 Å². The molecule has 0 amide bonds. The Hall–Kier alpha value is -1.39. The Morgan fingerprint density at radius 1 is 1.33 bits per heavy atom. The second-order valence-corrected chi connectivity index (χ2v) is 4.61. The minimum absolute atomic E-state index is 0.264. The van der Waals surface area contributed by atoms with Crippen LogP contribution in [0.1, 0.15) is 18.4 Å². The maximum atomic E-state index is 12.2. The zero-order chi connectivity index (χ0) is 13.0. The normalized spacial score (nSPS) is 18.1. The van der Waals surface area contributed by atoms with E-state index < -0.39 is 5.54 Å². The van der Waals surface area contributed by atoms with Crippen molar-refractivity contribution in [3.05, 3.63) is 35.9 Å². The van der Waals surface area contributed by atoms with E-state index in [1.807, 2.05) is 30.3 Å². The maximum absolute atomic E-state index is 12.2. The van der Waals surface area contributed by atoms with Crippen LogP contribution in [0.2, 0.25) is 0 Å². The summed E-state index contributed by atoms with van der Waals surface area (Å²) in [5.41, 5.74) is -0.0167. The first-order valence-corrected chi connectivity index (χ1v) is 6.13. The molecule has 0 spiro atoms. The predicted molar refractivity (Wildman–Crippen MR) is 68.2 cm³/mol. The number of esters is 1. The molecular weight excluding hydrogens is 230 g/mol. The van der Waals surface area contributed by atoms with Gasteiger partial charge in [-0.25, -0.2) is 4.79 Å². The molecule has 0 heterocycles. The van der Waals surface area contributed by atoms with Crippen molar-refractivity contribution in [1.29, 1.82) is 0 Å². The fraction of sp³-hybridized carbons (Fsp3) is 0.500. The molecule has 1 saturated carbocycles. The topological polar surface area (TPSA) is 47.6 Å². The van der Waals surface area contributed by atoms with Crippen LogP contribution in [0.4, 0.5) is 0 Å². The summed E-state index contributed by atoms with van der Waals surface area (Å²) < 4.78 is 10.2. The van der Waals surface area contributed by atoms with Crippen LogP contribution in [0.3, 0.4) is 0 Å². The van der Waals surface area contributed by atoms with E-state index in [1.165, 1.54) is 7.11 Å². The second kappa shape index (κ2) is 5.50. The lowest BCUT2D eigenvalue weighted by molar-refractivity contribution is -0.152. The Balaban J connectivity index is 2.37. The van der Waals surface area contributed by atoms with E-state index in [2.05, 4.69) is 5.32 Å². The molecular formula is C14H19NO3. The van der Waals surface area contributed by atoms with Crippen LogP contribution < -0.4 is 5.32 Å². The number of carbonyl (C=O) groups excluding carboxylic acids is 1. The lowest BCUT2D eigenvalue weighted by Gasteiger charge is -2.32. The highest BCUT2D eigenvalue weighted by Gasteiger charge is 2.45. The Labute approximate surface area is 107 Å². The maximum Gasteiger partial charge on any atom is 0.333 e. The first-order chi connectivity index (χ1) is 8.73. The number of hydrogen-bond donors (Lipinski definition) is 1. The summed E-state index contributed by atoms with van der Waals surface area (Å²) in [6, 6.07) is 9.97. The Morgan fingerprint density at radius 3 is 2.50 bits per heavy atom. The third kappa shape index (κ3) is 2.54. The molecule has 1 unspecified atom stereocenters. The minimum Gasteiger partial charge on any atom is -0.467 e. The average Bonchev–Trinajstić information content (AvgIpc) is 3.22.